The van der Waals surface area contributed by atoms with Gasteiger partial charge < -0.3 is 19.7 Å². The molecule has 1 atom stereocenters. The number of amides is 2. The van der Waals surface area contributed by atoms with Crippen molar-refractivity contribution in [1.29, 1.82) is 0 Å². The van der Waals surface area contributed by atoms with Gasteiger partial charge in [-0.2, -0.15) is 0 Å². The minimum atomic E-state index is -0.725. The average Bonchev–Trinajstić information content (AvgIpc) is 3.59. The number of nitrogens with one attached hydrogen (secondary N) is 1. The summed E-state index contributed by atoms with van der Waals surface area (Å²) in [5.41, 5.74) is 0.708. The van der Waals surface area contributed by atoms with Crippen molar-refractivity contribution in [3.8, 4) is 11.5 Å². The summed E-state index contributed by atoms with van der Waals surface area (Å²) in [5, 5.41) is 3.22. The van der Waals surface area contributed by atoms with Crippen LogP contribution in [0.4, 0.5) is 0 Å². The molecule has 2 fully saturated rings. The third-order valence-electron chi connectivity index (χ3n) is 5.79. The summed E-state index contributed by atoms with van der Waals surface area (Å²) in [7, 11) is 3.13. The van der Waals surface area contributed by atoms with Crippen molar-refractivity contribution >= 4 is 23.4 Å². The van der Waals surface area contributed by atoms with Crippen LogP contribution >= 0.6 is 11.6 Å². The van der Waals surface area contributed by atoms with Crippen LogP contribution in [0.1, 0.15) is 63.0 Å². The van der Waals surface area contributed by atoms with Gasteiger partial charge in [0.25, 0.3) is 0 Å². The van der Waals surface area contributed by atoms with Crippen LogP contribution in [0.3, 0.4) is 0 Å². The molecule has 0 radical (unpaired) electrons. The molecule has 0 heterocycles. The van der Waals surface area contributed by atoms with E-state index in [0.29, 0.717) is 17.1 Å². The monoisotopic (exact) mass is 422 g/mol. The molecule has 1 aromatic carbocycles. The highest BCUT2D eigenvalue weighted by molar-refractivity contribution is 6.27. The summed E-state index contributed by atoms with van der Waals surface area (Å²) in [6.45, 7) is 0. The molecule has 1 N–H and O–H groups in total. The fourth-order valence-electron chi connectivity index (χ4n) is 4.15. The van der Waals surface area contributed by atoms with Gasteiger partial charge in [-0.25, -0.2) is 0 Å². The Bertz CT molecular complexity index is 715. The van der Waals surface area contributed by atoms with Crippen LogP contribution in [0, 0.1) is 0 Å². The third kappa shape index (κ3) is 5.35. The van der Waals surface area contributed by atoms with E-state index in [2.05, 4.69) is 5.32 Å². The second kappa shape index (κ2) is 10.2. The van der Waals surface area contributed by atoms with Gasteiger partial charge in [-0.3, -0.25) is 9.59 Å². The maximum atomic E-state index is 13.5. The number of halogens is 1. The molecule has 0 unspecified atom stereocenters. The number of carbonyl (C=O) groups excluding carboxylic acids is 2. The molecule has 2 aliphatic rings. The maximum Gasteiger partial charge on any atom is 0.247 e. The van der Waals surface area contributed by atoms with E-state index in [1.54, 1.807) is 31.3 Å². The van der Waals surface area contributed by atoms with E-state index in [9.17, 15) is 9.59 Å². The minimum absolute atomic E-state index is 0.0548. The zero-order valence-electron chi connectivity index (χ0n) is 17.3. The van der Waals surface area contributed by atoms with Gasteiger partial charge >= 0.3 is 0 Å². The van der Waals surface area contributed by atoms with Crippen LogP contribution < -0.4 is 14.8 Å². The maximum absolute atomic E-state index is 13.5. The molecular formula is C22H31ClN2O4. The molecular weight excluding hydrogens is 392 g/mol. The third-order valence-corrected chi connectivity index (χ3v) is 6.02. The SMILES string of the molecule is COc1ccc([C@@H](C(=O)NC2CCCCCC2)N(C(=O)CCl)C2CC2)cc1OC. The summed E-state index contributed by atoms with van der Waals surface area (Å²) < 4.78 is 10.8. The molecule has 6 nitrogen and oxygen atoms in total. The number of benzene rings is 1. The van der Waals surface area contributed by atoms with Crippen LogP contribution in [-0.2, 0) is 9.59 Å². The summed E-state index contributed by atoms with van der Waals surface area (Å²) in [6.07, 6.45) is 8.42. The Morgan fingerprint density at radius 1 is 1.07 bits per heavy atom. The Morgan fingerprint density at radius 2 is 1.72 bits per heavy atom. The van der Waals surface area contributed by atoms with Gasteiger partial charge in [0.05, 0.1) is 14.2 Å². The molecule has 2 amide bonds. The number of hydrogen-bond acceptors (Lipinski definition) is 4. The standard InChI is InChI=1S/C22H31ClN2O4/c1-28-18-12-9-15(13-19(18)29-2)21(25(17-10-11-17)20(26)14-23)22(27)24-16-7-5-3-4-6-8-16/h9,12-13,16-17,21H,3-8,10-11,14H2,1-2H3,(H,24,27)/t21-/m0/s1. The van der Waals surface area contributed by atoms with E-state index >= 15 is 0 Å². The molecule has 29 heavy (non-hydrogen) atoms. The highest BCUT2D eigenvalue weighted by atomic mass is 35.5. The molecule has 0 spiro atoms. The van der Waals surface area contributed by atoms with Crippen LogP contribution in [0.25, 0.3) is 0 Å². The zero-order valence-corrected chi connectivity index (χ0v) is 18.0. The summed E-state index contributed by atoms with van der Waals surface area (Å²) in [4.78, 5) is 27.8. The largest absolute Gasteiger partial charge is 0.493 e. The lowest BCUT2D eigenvalue weighted by molar-refractivity contribution is -0.140. The average molecular weight is 423 g/mol. The van der Waals surface area contributed by atoms with Crippen molar-refractivity contribution < 1.29 is 19.1 Å². The molecule has 0 bridgehead atoms. The summed E-state index contributed by atoms with van der Waals surface area (Å²) in [5.74, 6) is 0.614. The number of carbonyl (C=O) groups is 2. The highest BCUT2D eigenvalue weighted by Gasteiger charge is 2.41. The van der Waals surface area contributed by atoms with Gasteiger partial charge in [-0.1, -0.05) is 31.7 Å². The van der Waals surface area contributed by atoms with E-state index in [-0.39, 0.29) is 29.8 Å². The van der Waals surface area contributed by atoms with E-state index in [4.69, 9.17) is 21.1 Å². The van der Waals surface area contributed by atoms with E-state index in [1.807, 2.05) is 6.07 Å². The van der Waals surface area contributed by atoms with Crippen molar-refractivity contribution in [2.75, 3.05) is 20.1 Å². The molecule has 2 saturated carbocycles. The van der Waals surface area contributed by atoms with Gasteiger partial charge in [-0.15, -0.1) is 11.6 Å². The number of rotatable bonds is 8. The lowest BCUT2D eigenvalue weighted by atomic mass is 10.0. The van der Waals surface area contributed by atoms with Gasteiger partial charge in [0.2, 0.25) is 11.8 Å². The lowest BCUT2D eigenvalue weighted by Crippen LogP contribution is -2.47. The molecule has 0 saturated heterocycles. The number of nitrogens with zero attached hydrogens (tertiary/aromatic N) is 1. The Hall–Kier alpha value is -1.95. The fourth-order valence-corrected chi connectivity index (χ4v) is 4.28. The van der Waals surface area contributed by atoms with Crippen molar-refractivity contribution in [2.24, 2.45) is 0 Å². The Morgan fingerprint density at radius 3 is 2.28 bits per heavy atom. The van der Waals surface area contributed by atoms with Crippen LogP contribution in [-0.4, -0.2) is 48.9 Å². The Labute approximate surface area is 177 Å². The first-order valence-corrected chi connectivity index (χ1v) is 11.0. The van der Waals surface area contributed by atoms with Gasteiger partial charge in [0.1, 0.15) is 11.9 Å². The summed E-state index contributed by atoms with van der Waals surface area (Å²) in [6, 6.07) is 4.87. The molecule has 160 valence electrons. The zero-order chi connectivity index (χ0) is 20.8. The van der Waals surface area contributed by atoms with Crippen molar-refractivity contribution in [1.82, 2.24) is 10.2 Å². The lowest BCUT2D eigenvalue weighted by Gasteiger charge is -2.32. The van der Waals surface area contributed by atoms with Crippen molar-refractivity contribution in [3.05, 3.63) is 23.8 Å². The number of alkyl halides is 1. The number of ether oxygens (including phenoxy) is 2. The molecule has 3 rings (SSSR count). The quantitative estimate of drug-likeness (QED) is 0.511. The molecule has 1 aromatic rings. The first kappa shape index (κ1) is 21.8. The smallest absolute Gasteiger partial charge is 0.247 e. The molecule has 0 aromatic heterocycles. The molecule has 0 aliphatic heterocycles. The Kier molecular flexibility index (Phi) is 7.64. The van der Waals surface area contributed by atoms with Gasteiger partial charge in [0.15, 0.2) is 11.5 Å². The summed E-state index contributed by atoms with van der Waals surface area (Å²) >= 11 is 5.91. The minimum Gasteiger partial charge on any atom is -0.493 e. The normalized spacial score (nSPS) is 18.4. The second-order valence-electron chi connectivity index (χ2n) is 7.88. The first-order valence-electron chi connectivity index (χ1n) is 10.5. The van der Waals surface area contributed by atoms with Gasteiger partial charge in [-0.05, 0) is 43.4 Å². The van der Waals surface area contributed by atoms with Crippen LogP contribution in [0.5, 0.6) is 11.5 Å². The fraction of sp³-hybridized carbons (Fsp3) is 0.636. The Balaban J connectivity index is 1.92. The number of methoxy groups -OCH3 is 2. The van der Waals surface area contributed by atoms with Crippen molar-refractivity contribution in [2.45, 2.75) is 69.5 Å². The first-order chi connectivity index (χ1) is 14.1. The predicted octanol–water partition coefficient (Wildman–Crippen LogP) is 3.81. The van der Waals surface area contributed by atoms with E-state index in [0.717, 1.165) is 38.5 Å². The topological polar surface area (TPSA) is 67.9 Å². The van der Waals surface area contributed by atoms with E-state index < -0.39 is 6.04 Å². The van der Waals surface area contributed by atoms with E-state index in [1.165, 1.54) is 12.8 Å². The molecule has 7 heteroatoms. The predicted molar refractivity (Wildman–Crippen MR) is 113 cm³/mol. The molecule has 2 aliphatic carbocycles. The number of hydrogen-bond donors (Lipinski definition) is 1. The van der Waals surface area contributed by atoms with Gasteiger partial charge in [0, 0.05) is 12.1 Å². The highest BCUT2D eigenvalue weighted by Crippen LogP contribution is 2.38. The second-order valence-corrected chi connectivity index (χ2v) is 8.15. The van der Waals surface area contributed by atoms with Crippen LogP contribution in [0.15, 0.2) is 18.2 Å². The van der Waals surface area contributed by atoms with Crippen LogP contribution in [0.2, 0.25) is 0 Å². The van der Waals surface area contributed by atoms with Crippen molar-refractivity contribution in [3.63, 3.8) is 0 Å².